The third-order valence-corrected chi connectivity index (χ3v) is 2.59. The van der Waals surface area contributed by atoms with Gasteiger partial charge in [-0.15, -0.1) is 0 Å². The highest BCUT2D eigenvalue weighted by molar-refractivity contribution is 6.29. The summed E-state index contributed by atoms with van der Waals surface area (Å²) in [4.78, 5) is 17.0. The molecule has 1 aromatic heterocycles. The minimum atomic E-state index is -0.527. The highest BCUT2D eigenvalue weighted by Gasteiger charge is 2.09. The molecule has 100 valence electrons. The van der Waals surface area contributed by atoms with Crippen LogP contribution in [0.25, 0.3) is 0 Å². The number of rotatable bonds is 5. The van der Waals surface area contributed by atoms with Crippen LogP contribution in [0.2, 0.25) is 5.15 Å². The van der Waals surface area contributed by atoms with E-state index < -0.39 is 6.10 Å². The Balaban J connectivity index is 2.29. The molecule has 1 unspecified atom stereocenters. The molecule has 18 heavy (non-hydrogen) atoms. The standard InChI is InChI=1S/C12H18ClN3O2/c1-9(17)8-16(2)12(18)14-6-5-10-3-4-11(13)15-7-10/h3-4,7,9,17H,5-6,8H2,1-2H3,(H,14,18). The van der Waals surface area contributed by atoms with Crippen molar-refractivity contribution in [3.05, 3.63) is 29.0 Å². The summed E-state index contributed by atoms with van der Waals surface area (Å²) in [5.41, 5.74) is 1.01. The van der Waals surface area contributed by atoms with E-state index in [-0.39, 0.29) is 6.03 Å². The summed E-state index contributed by atoms with van der Waals surface area (Å²) < 4.78 is 0. The summed E-state index contributed by atoms with van der Waals surface area (Å²) in [5.74, 6) is 0. The zero-order valence-corrected chi connectivity index (χ0v) is 11.3. The van der Waals surface area contributed by atoms with Crippen molar-refractivity contribution in [3.63, 3.8) is 0 Å². The molecule has 0 saturated carbocycles. The number of hydrogen-bond acceptors (Lipinski definition) is 3. The lowest BCUT2D eigenvalue weighted by atomic mass is 10.2. The molecule has 0 spiro atoms. The lowest BCUT2D eigenvalue weighted by Gasteiger charge is -2.19. The third-order valence-electron chi connectivity index (χ3n) is 2.36. The van der Waals surface area contributed by atoms with Crippen molar-refractivity contribution < 1.29 is 9.90 Å². The average Bonchev–Trinajstić information content (AvgIpc) is 2.30. The molecular weight excluding hydrogens is 254 g/mol. The van der Waals surface area contributed by atoms with Crippen molar-refractivity contribution >= 4 is 17.6 Å². The number of aromatic nitrogens is 1. The number of halogens is 1. The number of urea groups is 1. The smallest absolute Gasteiger partial charge is 0.317 e. The van der Waals surface area contributed by atoms with Gasteiger partial charge in [0.1, 0.15) is 5.15 Å². The van der Waals surface area contributed by atoms with Crippen molar-refractivity contribution in [2.24, 2.45) is 0 Å². The Morgan fingerprint density at radius 2 is 2.33 bits per heavy atom. The fourth-order valence-electron chi connectivity index (χ4n) is 1.48. The Labute approximate surface area is 112 Å². The Bertz CT molecular complexity index is 381. The van der Waals surface area contributed by atoms with Gasteiger partial charge < -0.3 is 15.3 Å². The number of aliphatic hydroxyl groups excluding tert-OH is 1. The number of hydrogen-bond donors (Lipinski definition) is 2. The summed E-state index contributed by atoms with van der Waals surface area (Å²) in [7, 11) is 1.64. The summed E-state index contributed by atoms with van der Waals surface area (Å²) in [6, 6.07) is 3.40. The minimum absolute atomic E-state index is 0.196. The molecule has 0 saturated heterocycles. The summed E-state index contributed by atoms with van der Waals surface area (Å²) in [5, 5.41) is 12.4. The molecule has 0 fully saturated rings. The van der Waals surface area contributed by atoms with Gasteiger partial charge in [0.05, 0.1) is 6.10 Å². The maximum absolute atomic E-state index is 11.6. The molecular formula is C12H18ClN3O2. The van der Waals surface area contributed by atoms with E-state index in [9.17, 15) is 4.79 Å². The van der Waals surface area contributed by atoms with Crippen LogP contribution in [0.4, 0.5) is 4.79 Å². The van der Waals surface area contributed by atoms with E-state index in [0.717, 1.165) is 5.56 Å². The molecule has 6 heteroatoms. The van der Waals surface area contributed by atoms with Crippen molar-refractivity contribution in [2.75, 3.05) is 20.1 Å². The van der Waals surface area contributed by atoms with Gasteiger partial charge in [-0.1, -0.05) is 17.7 Å². The number of amides is 2. The predicted molar refractivity (Wildman–Crippen MR) is 70.7 cm³/mol. The van der Waals surface area contributed by atoms with Gasteiger partial charge >= 0.3 is 6.03 Å². The van der Waals surface area contributed by atoms with Crippen LogP contribution < -0.4 is 5.32 Å². The maximum atomic E-state index is 11.6. The molecule has 1 rings (SSSR count). The molecule has 0 aliphatic heterocycles. The number of nitrogens with zero attached hydrogens (tertiary/aromatic N) is 2. The van der Waals surface area contributed by atoms with Crippen molar-refractivity contribution in [1.29, 1.82) is 0 Å². The number of carbonyl (C=O) groups is 1. The molecule has 0 aromatic carbocycles. The SMILES string of the molecule is CC(O)CN(C)C(=O)NCCc1ccc(Cl)nc1. The Hall–Kier alpha value is -1.33. The van der Waals surface area contributed by atoms with E-state index in [1.807, 2.05) is 6.07 Å². The maximum Gasteiger partial charge on any atom is 0.317 e. The molecule has 2 N–H and O–H groups in total. The van der Waals surface area contributed by atoms with Gasteiger partial charge in [0.2, 0.25) is 0 Å². The number of aliphatic hydroxyl groups is 1. The minimum Gasteiger partial charge on any atom is -0.392 e. The zero-order valence-electron chi connectivity index (χ0n) is 10.6. The Morgan fingerprint density at radius 3 is 2.89 bits per heavy atom. The summed E-state index contributed by atoms with van der Waals surface area (Å²) >= 11 is 5.67. The molecule has 0 radical (unpaired) electrons. The van der Waals surface area contributed by atoms with Crippen LogP contribution >= 0.6 is 11.6 Å². The largest absolute Gasteiger partial charge is 0.392 e. The molecule has 2 amide bonds. The number of nitrogens with one attached hydrogen (secondary N) is 1. The van der Waals surface area contributed by atoms with Crippen LogP contribution in [0, 0.1) is 0 Å². The van der Waals surface area contributed by atoms with Crippen LogP contribution in [0.15, 0.2) is 18.3 Å². The molecule has 1 heterocycles. The quantitative estimate of drug-likeness (QED) is 0.794. The predicted octanol–water partition coefficient (Wildman–Crippen LogP) is 1.30. The molecule has 1 atom stereocenters. The molecule has 5 nitrogen and oxygen atoms in total. The van der Waals surface area contributed by atoms with Crippen LogP contribution in [-0.2, 0) is 6.42 Å². The average molecular weight is 272 g/mol. The topological polar surface area (TPSA) is 65.5 Å². The van der Waals surface area contributed by atoms with E-state index in [1.165, 1.54) is 4.90 Å². The van der Waals surface area contributed by atoms with Gasteiger partial charge in [0, 0.05) is 26.3 Å². The first-order valence-corrected chi connectivity index (χ1v) is 6.14. The summed E-state index contributed by atoms with van der Waals surface area (Å²) in [6.07, 6.45) is 1.85. The van der Waals surface area contributed by atoms with Gasteiger partial charge in [-0.3, -0.25) is 0 Å². The van der Waals surface area contributed by atoms with E-state index in [2.05, 4.69) is 10.3 Å². The number of carbonyl (C=O) groups excluding carboxylic acids is 1. The second kappa shape index (κ2) is 7.18. The van der Waals surface area contributed by atoms with Crippen LogP contribution in [0.5, 0.6) is 0 Å². The van der Waals surface area contributed by atoms with E-state index in [4.69, 9.17) is 16.7 Å². The fraction of sp³-hybridized carbons (Fsp3) is 0.500. The molecule has 0 aliphatic carbocycles. The Kier molecular flexibility index (Phi) is 5.88. The van der Waals surface area contributed by atoms with Crippen LogP contribution in [-0.4, -0.2) is 47.3 Å². The van der Waals surface area contributed by atoms with Gasteiger partial charge in [0.25, 0.3) is 0 Å². The second-order valence-corrected chi connectivity index (χ2v) is 4.59. The van der Waals surface area contributed by atoms with E-state index >= 15 is 0 Å². The van der Waals surface area contributed by atoms with Crippen molar-refractivity contribution in [1.82, 2.24) is 15.2 Å². The van der Waals surface area contributed by atoms with Crippen molar-refractivity contribution in [2.45, 2.75) is 19.4 Å². The lowest BCUT2D eigenvalue weighted by molar-refractivity contribution is 0.144. The van der Waals surface area contributed by atoms with Crippen LogP contribution in [0.1, 0.15) is 12.5 Å². The lowest BCUT2D eigenvalue weighted by Crippen LogP contribution is -2.41. The first-order valence-electron chi connectivity index (χ1n) is 5.76. The first-order chi connectivity index (χ1) is 8.49. The van der Waals surface area contributed by atoms with E-state index in [1.54, 1.807) is 26.2 Å². The zero-order chi connectivity index (χ0) is 13.5. The normalized spacial score (nSPS) is 12.0. The second-order valence-electron chi connectivity index (χ2n) is 4.20. The number of pyridine rings is 1. The molecule has 0 aliphatic rings. The summed E-state index contributed by atoms with van der Waals surface area (Å²) in [6.45, 7) is 2.48. The third kappa shape index (κ3) is 5.33. The van der Waals surface area contributed by atoms with Crippen LogP contribution in [0.3, 0.4) is 0 Å². The first kappa shape index (κ1) is 14.7. The fourth-order valence-corrected chi connectivity index (χ4v) is 1.59. The van der Waals surface area contributed by atoms with Gasteiger partial charge in [0.15, 0.2) is 0 Å². The number of likely N-dealkylation sites (N-methyl/N-ethyl adjacent to an activating group) is 1. The highest BCUT2D eigenvalue weighted by Crippen LogP contribution is 2.05. The van der Waals surface area contributed by atoms with Crippen molar-refractivity contribution in [3.8, 4) is 0 Å². The van der Waals surface area contributed by atoms with Gasteiger partial charge in [-0.2, -0.15) is 0 Å². The monoisotopic (exact) mass is 271 g/mol. The highest BCUT2D eigenvalue weighted by atomic mass is 35.5. The molecule has 0 bridgehead atoms. The van der Waals surface area contributed by atoms with E-state index in [0.29, 0.717) is 24.7 Å². The van der Waals surface area contributed by atoms with Gasteiger partial charge in [-0.05, 0) is 25.0 Å². The van der Waals surface area contributed by atoms with Gasteiger partial charge in [-0.25, -0.2) is 9.78 Å². The Morgan fingerprint density at radius 1 is 1.61 bits per heavy atom. The molecule has 1 aromatic rings.